The van der Waals surface area contributed by atoms with Crippen LogP contribution in [0.5, 0.6) is 0 Å². The number of hydrogen-bond donors (Lipinski definition) is 2. The van der Waals surface area contributed by atoms with Crippen LogP contribution in [0.1, 0.15) is 29.6 Å². The summed E-state index contributed by atoms with van der Waals surface area (Å²) >= 11 is 0. The van der Waals surface area contributed by atoms with Gasteiger partial charge in [-0.1, -0.05) is 0 Å². The van der Waals surface area contributed by atoms with Gasteiger partial charge in [0.15, 0.2) is 0 Å². The van der Waals surface area contributed by atoms with Crippen molar-refractivity contribution in [2.75, 3.05) is 32.7 Å². The molecule has 0 aromatic carbocycles. The first-order valence-corrected chi connectivity index (χ1v) is 7.25. The van der Waals surface area contributed by atoms with E-state index >= 15 is 0 Å². The average Bonchev–Trinajstić information content (AvgIpc) is 2.96. The fraction of sp³-hybridized carbons (Fsp3) is 0.600. The van der Waals surface area contributed by atoms with E-state index in [1.54, 1.807) is 26.5 Å². The van der Waals surface area contributed by atoms with E-state index in [0.29, 0.717) is 30.9 Å². The third-order valence-electron chi connectivity index (χ3n) is 3.69. The van der Waals surface area contributed by atoms with Crippen molar-refractivity contribution in [2.24, 2.45) is 0 Å². The molecule has 2 atom stereocenters. The van der Waals surface area contributed by atoms with Gasteiger partial charge in [-0.15, -0.1) is 0 Å². The second-order valence-electron chi connectivity index (χ2n) is 5.19. The first kappa shape index (κ1) is 15.7. The van der Waals surface area contributed by atoms with Gasteiger partial charge in [-0.2, -0.15) is 0 Å². The van der Waals surface area contributed by atoms with E-state index in [1.165, 1.54) is 0 Å². The summed E-state index contributed by atoms with van der Waals surface area (Å²) in [6.45, 7) is 0.997. The SMILES string of the molecule is COCCNC(=O)c1ccc(NC2CCC(OC)C2)nc1. The van der Waals surface area contributed by atoms with E-state index in [0.717, 1.165) is 25.1 Å². The minimum absolute atomic E-state index is 0.133. The van der Waals surface area contributed by atoms with Crippen LogP contribution in [-0.2, 0) is 9.47 Å². The van der Waals surface area contributed by atoms with Gasteiger partial charge in [0.2, 0.25) is 0 Å². The van der Waals surface area contributed by atoms with E-state index in [9.17, 15) is 4.79 Å². The van der Waals surface area contributed by atoms with Crippen LogP contribution in [0.2, 0.25) is 0 Å². The van der Waals surface area contributed by atoms with Crippen LogP contribution in [0.25, 0.3) is 0 Å². The van der Waals surface area contributed by atoms with Crippen LogP contribution in [0.4, 0.5) is 5.82 Å². The van der Waals surface area contributed by atoms with Crippen LogP contribution in [0.3, 0.4) is 0 Å². The van der Waals surface area contributed by atoms with Gasteiger partial charge >= 0.3 is 0 Å². The Kier molecular flexibility index (Phi) is 5.95. The summed E-state index contributed by atoms with van der Waals surface area (Å²) in [5.41, 5.74) is 0.554. The number of rotatable bonds is 7. The number of carbonyl (C=O) groups is 1. The van der Waals surface area contributed by atoms with E-state index in [-0.39, 0.29) is 5.91 Å². The predicted molar refractivity (Wildman–Crippen MR) is 80.5 cm³/mol. The van der Waals surface area contributed by atoms with Gasteiger partial charge in [-0.3, -0.25) is 4.79 Å². The lowest BCUT2D eigenvalue weighted by Gasteiger charge is -2.13. The molecule has 0 bridgehead atoms. The molecule has 0 saturated heterocycles. The molecule has 1 aromatic heterocycles. The fourth-order valence-electron chi connectivity index (χ4n) is 2.48. The number of methoxy groups -OCH3 is 2. The number of hydrogen-bond acceptors (Lipinski definition) is 5. The smallest absolute Gasteiger partial charge is 0.252 e. The molecule has 2 unspecified atom stereocenters. The number of nitrogens with one attached hydrogen (secondary N) is 2. The topological polar surface area (TPSA) is 72.5 Å². The molecule has 1 amide bonds. The number of carbonyl (C=O) groups excluding carboxylic acids is 1. The Bertz CT molecular complexity index is 450. The van der Waals surface area contributed by atoms with Crippen molar-refractivity contribution in [1.82, 2.24) is 10.3 Å². The molecule has 6 heteroatoms. The van der Waals surface area contributed by atoms with Crippen LogP contribution in [0, 0.1) is 0 Å². The largest absolute Gasteiger partial charge is 0.383 e. The minimum Gasteiger partial charge on any atom is -0.383 e. The molecule has 1 aliphatic carbocycles. The first-order chi connectivity index (χ1) is 10.2. The van der Waals surface area contributed by atoms with Gasteiger partial charge in [-0.25, -0.2) is 4.98 Å². The average molecular weight is 293 g/mol. The minimum atomic E-state index is -0.133. The molecule has 0 aliphatic heterocycles. The van der Waals surface area contributed by atoms with Crippen molar-refractivity contribution in [1.29, 1.82) is 0 Å². The maximum absolute atomic E-state index is 11.8. The monoisotopic (exact) mass is 293 g/mol. The number of amides is 1. The zero-order valence-corrected chi connectivity index (χ0v) is 12.6. The van der Waals surface area contributed by atoms with Gasteiger partial charge in [0.25, 0.3) is 5.91 Å². The quantitative estimate of drug-likeness (QED) is 0.744. The summed E-state index contributed by atoms with van der Waals surface area (Å²) in [5.74, 6) is 0.664. The third-order valence-corrected chi connectivity index (χ3v) is 3.69. The molecular weight excluding hydrogens is 270 g/mol. The summed E-state index contributed by atoms with van der Waals surface area (Å²) in [6, 6.07) is 4.01. The lowest BCUT2D eigenvalue weighted by molar-refractivity contribution is 0.0936. The van der Waals surface area contributed by atoms with Crippen molar-refractivity contribution in [3.8, 4) is 0 Å². The van der Waals surface area contributed by atoms with Crippen molar-refractivity contribution < 1.29 is 14.3 Å². The van der Waals surface area contributed by atoms with Gasteiger partial charge < -0.3 is 20.1 Å². The Labute approximate surface area is 125 Å². The van der Waals surface area contributed by atoms with Crippen LogP contribution in [0.15, 0.2) is 18.3 Å². The van der Waals surface area contributed by atoms with Gasteiger partial charge in [-0.05, 0) is 31.4 Å². The van der Waals surface area contributed by atoms with Crippen molar-refractivity contribution in [2.45, 2.75) is 31.4 Å². The van der Waals surface area contributed by atoms with E-state index in [4.69, 9.17) is 9.47 Å². The summed E-state index contributed by atoms with van der Waals surface area (Å²) in [5, 5.41) is 6.15. The lowest BCUT2D eigenvalue weighted by Crippen LogP contribution is -2.27. The maximum atomic E-state index is 11.8. The zero-order valence-electron chi connectivity index (χ0n) is 12.6. The molecule has 2 N–H and O–H groups in total. The highest BCUT2D eigenvalue weighted by Crippen LogP contribution is 2.24. The summed E-state index contributed by atoms with van der Waals surface area (Å²) in [4.78, 5) is 16.1. The van der Waals surface area contributed by atoms with Gasteiger partial charge in [0, 0.05) is 33.0 Å². The van der Waals surface area contributed by atoms with Crippen LogP contribution in [-0.4, -0.2) is 50.4 Å². The summed E-state index contributed by atoms with van der Waals surface area (Å²) < 4.78 is 10.2. The van der Waals surface area contributed by atoms with Gasteiger partial charge in [0.05, 0.1) is 18.3 Å². The first-order valence-electron chi connectivity index (χ1n) is 7.25. The highest BCUT2D eigenvalue weighted by molar-refractivity contribution is 5.94. The Balaban J connectivity index is 1.83. The van der Waals surface area contributed by atoms with Crippen LogP contribution >= 0.6 is 0 Å². The van der Waals surface area contributed by atoms with E-state index < -0.39 is 0 Å². The summed E-state index contributed by atoms with van der Waals surface area (Å²) in [6.07, 6.45) is 5.09. The molecule has 0 radical (unpaired) electrons. The Hall–Kier alpha value is -1.66. The zero-order chi connectivity index (χ0) is 15.1. The standard InChI is InChI=1S/C15H23N3O3/c1-20-8-7-16-15(19)11-3-6-14(17-10-11)18-12-4-5-13(9-12)21-2/h3,6,10,12-13H,4-5,7-9H2,1-2H3,(H,16,19)(H,17,18). The Morgan fingerprint density at radius 2 is 2.24 bits per heavy atom. The van der Waals surface area contributed by atoms with E-state index in [1.807, 2.05) is 6.07 Å². The number of pyridine rings is 1. The Morgan fingerprint density at radius 1 is 1.38 bits per heavy atom. The highest BCUT2D eigenvalue weighted by Gasteiger charge is 2.24. The highest BCUT2D eigenvalue weighted by atomic mass is 16.5. The van der Waals surface area contributed by atoms with Crippen LogP contribution < -0.4 is 10.6 Å². The van der Waals surface area contributed by atoms with E-state index in [2.05, 4.69) is 15.6 Å². The molecule has 1 aromatic rings. The summed E-state index contributed by atoms with van der Waals surface area (Å²) in [7, 11) is 3.35. The lowest BCUT2D eigenvalue weighted by atomic mass is 10.2. The maximum Gasteiger partial charge on any atom is 0.252 e. The number of ether oxygens (including phenoxy) is 2. The molecule has 1 aliphatic rings. The Morgan fingerprint density at radius 3 is 2.86 bits per heavy atom. The normalized spacial score (nSPS) is 21.2. The molecule has 1 saturated carbocycles. The van der Waals surface area contributed by atoms with Gasteiger partial charge in [0.1, 0.15) is 5.82 Å². The number of anilines is 1. The molecule has 1 fully saturated rings. The molecule has 21 heavy (non-hydrogen) atoms. The molecule has 1 heterocycles. The molecule has 6 nitrogen and oxygen atoms in total. The molecular formula is C15H23N3O3. The molecule has 116 valence electrons. The van der Waals surface area contributed by atoms with Crippen molar-refractivity contribution in [3.05, 3.63) is 23.9 Å². The predicted octanol–water partition coefficient (Wildman–Crippen LogP) is 1.44. The fourth-order valence-corrected chi connectivity index (χ4v) is 2.48. The third kappa shape index (κ3) is 4.68. The van der Waals surface area contributed by atoms with Crippen molar-refractivity contribution >= 4 is 11.7 Å². The number of aromatic nitrogens is 1. The number of nitrogens with zero attached hydrogens (tertiary/aromatic N) is 1. The second kappa shape index (κ2) is 7.95. The molecule has 0 spiro atoms. The van der Waals surface area contributed by atoms with Crippen molar-refractivity contribution in [3.63, 3.8) is 0 Å². The second-order valence-corrected chi connectivity index (χ2v) is 5.19. The molecule has 2 rings (SSSR count).